The average Bonchev–Trinajstić information content (AvgIpc) is 2.37. The van der Waals surface area contributed by atoms with E-state index < -0.39 is 10.0 Å². The molecule has 5 nitrogen and oxygen atoms in total. The third kappa shape index (κ3) is 5.18. The van der Waals surface area contributed by atoms with Crippen LogP contribution in [-0.4, -0.2) is 34.4 Å². The molecule has 0 radical (unpaired) electrons. The molecule has 0 amide bonds. The second kappa shape index (κ2) is 7.47. The Morgan fingerprint density at radius 2 is 2.00 bits per heavy atom. The molecule has 0 bridgehead atoms. The third-order valence-corrected chi connectivity index (χ3v) is 3.99. The molecule has 1 rings (SSSR count). The summed E-state index contributed by atoms with van der Waals surface area (Å²) in [6.45, 7) is 5.03. The monoisotopic (exact) mass is 286 g/mol. The third-order valence-electron chi connectivity index (χ3n) is 2.76. The number of hydrogen-bond acceptors (Lipinski definition) is 4. The van der Waals surface area contributed by atoms with Gasteiger partial charge in [0, 0.05) is 13.2 Å². The second-order valence-corrected chi connectivity index (χ2v) is 6.12. The summed E-state index contributed by atoms with van der Waals surface area (Å²) in [5.74, 6) is -0.0482. The molecule has 1 aromatic carbocycles. The van der Waals surface area contributed by atoms with E-state index in [0.29, 0.717) is 5.69 Å². The Kier molecular flexibility index (Phi) is 6.27. The summed E-state index contributed by atoms with van der Waals surface area (Å²) in [4.78, 5) is 0. The first kappa shape index (κ1) is 15.9. The number of para-hydroxylation sites is 1. The fourth-order valence-corrected chi connectivity index (χ4v) is 2.80. The van der Waals surface area contributed by atoms with Gasteiger partial charge in [0.05, 0.1) is 18.0 Å². The maximum atomic E-state index is 11.9. The minimum absolute atomic E-state index is 0.0482. The Hall–Kier alpha value is -1.11. The fraction of sp³-hybridized carbons (Fsp3) is 0.538. The van der Waals surface area contributed by atoms with Gasteiger partial charge in [-0.1, -0.05) is 25.1 Å². The van der Waals surface area contributed by atoms with Crippen molar-refractivity contribution in [3.05, 3.63) is 29.8 Å². The Balaban J connectivity index is 2.89. The summed E-state index contributed by atoms with van der Waals surface area (Å²) >= 11 is 0. The molecule has 0 spiro atoms. The lowest BCUT2D eigenvalue weighted by Gasteiger charge is -2.18. The van der Waals surface area contributed by atoms with Crippen LogP contribution >= 0.6 is 0 Å². The zero-order valence-electron chi connectivity index (χ0n) is 11.6. The van der Waals surface area contributed by atoms with Gasteiger partial charge in [0.25, 0.3) is 0 Å². The van der Waals surface area contributed by atoms with Crippen LogP contribution in [0.25, 0.3) is 0 Å². The summed E-state index contributed by atoms with van der Waals surface area (Å²) in [6, 6.07) is 7.49. The van der Waals surface area contributed by atoms with Crippen LogP contribution in [0, 0.1) is 0 Å². The van der Waals surface area contributed by atoms with Gasteiger partial charge in [-0.05, 0) is 25.1 Å². The highest BCUT2D eigenvalue weighted by Gasteiger charge is 2.15. The van der Waals surface area contributed by atoms with Crippen molar-refractivity contribution in [2.24, 2.45) is 0 Å². The normalized spacial score (nSPS) is 13.2. The van der Waals surface area contributed by atoms with Crippen LogP contribution in [0.1, 0.15) is 25.5 Å². The number of nitrogens with one attached hydrogen (secondary N) is 2. The van der Waals surface area contributed by atoms with E-state index in [1.807, 2.05) is 32.0 Å². The molecule has 6 heteroatoms. The van der Waals surface area contributed by atoms with Crippen LogP contribution in [0.4, 0.5) is 5.69 Å². The molecule has 0 heterocycles. The van der Waals surface area contributed by atoms with Crippen molar-refractivity contribution in [1.82, 2.24) is 5.32 Å². The molecule has 0 saturated heterocycles. The SMILES string of the molecule is CCNC(C)c1ccccc1NS(=O)(=O)CCOC. The van der Waals surface area contributed by atoms with Crippen LogP contribution in [-0.2, 0) is 14.8 Å². The minimum atomic E-state index is -3.37. The minimum Gasteiger partial charge on any atom is -0.384 e. The van der Waals surface area contributed by atoms with E-state index in [2.05, 4.69) is 10.0 Å². The number of rotatable bonds is 8. The number of anilines is 1. The topological polar surface area (TPSA) is 67.4 Å². The molecule has 0 aliphatic heterocycles. The maximum absolute atomic E-state index is 11.9. The zero-order chi connectivity index (χ0) is 14.3. The van der Waals surface area contributed by atoms with E-state index in [4.69, 9.17) is 4.74 Å². The van der Waals surface area contributed by atoms with Crippen LogP contribution in [0.5, 0.6) is 0 Å². The lowest BCUT2D eigenvalue weighted by atomic mass is 10.1. The Labute approximate surface area is 115 Å². The quantitative estimate of drug-likeness (QED) is 0.764. The van der Waals surface area contributed by atoms with E-state index in [-0.39, 0.29) is 18.4 Å². The van der Waals surface area contributed by atoms with E-state index in [1.165, 1.54) is 7.11 Å². The molecule has 0 fully saturated rings. The molecule has 0 saturated carbocycles. The van der Waals surface area contributed by atoms with Gasteiger partial charge in [-0.2, -0.15) is 0 Å². The molecule has 1 atom stereocenters. The number of sulfonamides is 1. The lowest BCUT2D eigenvalue weighted by molar-refractivity contribution is 0.217. The van der Waals surface area contributed by atoms with Crippen molar-refractivity contribution in [2.45, 2.75) is 19.9 Å². The molecule has 0 aromatic heterocycles. The molecule has 19 heavy (non-hydrogen) atoms. The largest absolute Gasteiger partial charge is 0.384 e. The molecule has 0 aliphatic rings. The van der Waals surface area contributed by atoms with Crippen molar-refractivity contribution in [3.63, 3.8) is 0 Å². The van der Waals surface area contributed by atoms with Gasteiger partial charge < -0.3 is 10.1 Å². The predicted molar refractivity (Wildman–Crippen MR) is 77.8 cm³/mol. The van der Waals surface area contributed by atoms with Crippen molar-refractivity contribution in [2.75, 3.05) is 30.7 Å². The number of ether oxygens (including phenoxy) is 1. The highest BCUT2D eigenvalue weighted by Crippen LogP contribution is 2.23. The number of methoxy groups -OCH3 is 1. The average molecular weight is 286 g/mol. The van der Waals surface area contributed by atoms with E-state index in [9.17, 15) is 8.42 Å². The molecule has 0 aliphatic carbocycles. The Morgan fingerprint density at radius 3 is 2.63 bits per heavy atom. The first-order chi connectivity index (χ1) is 9.00. The summed E-state index contributed by atoms with van der Waals surface area (Å²) < 4.78 is 31.2. The van der Waals surface area contributed by atoms with Crippen LogP contribution in [0.15, 0.2) is 24.3 Å². The van der Waals surface area contributed by atoms with Gasteiger partial charge in [0.15, 0.2) is 0 Å². The first-order valence-electron chi connectivity index (χ1n) is 6.32. The highest BCUT2D eigenvalue weighted by atomic mass is 32.2. The van der Waals surface area contributed by atoms with Crippen LogP contribution in [0.2, 0.25) is 0 Å². The fourth-order valence-electron chi connectivity index (χ4n) is 1.80. The van der Waals surface area contributed by atoms with Gasteiger partial charge >= 0.3 is 0 Å². The van der Waals surface area contributed by atoms with Gasteiger partial charge in [0.2, 0.25) is 10.0 Å². The van der Waals surface area contributed by atoms with Crippen LogP contribution in [0.3, 0.4) is 0 Å². The molecule has 2 N–H and O–H groups in total. The second-order valence-electron chi connectivity index (χ2n) is 4.28. The standard InChI is InChI=1S/C13H22N2O3S/c1-4-14-11(2)12-7-5-6-8-13(12)15-19(16,17)10-9-18-3/h5-8,11,14-15H,4,9-10H2,1-3H3. The first-order valence-corrected chi connectivity index (χ1v) is 7.97. The van der Waals surface area contributed by atoms with E-state index in [1.54, 1.807) is 6.07 Å². The van der Waals surface area contributed by atoms with E-state index >= 15 is 0 Å². The lowest BCUT2D eigenvalue weighted by Crippen LogP contribution is -2.23. The maximum Gasteiger partial charge on any atom is 0.235 e. The summed E-state index contributed by atoms with van der Waals surface area (Å²) in [6.07, 6.45) is 0. The number of hydrogen-bond donors (Lipinski definition) is 2. The van der Waals surface area contributed by atoms with Gasteiger partial charge in [-0.15, -0.1) is 0 Å². The highest BCUT2D eigenvalue weighted by molar-refractivity contribution is 7.92. The van der Waals surface area contributed by atoms with Gasteiger partial charge in [0.1, 0.15) is 0 Å². The smallest absolute Gasteiger partial charge is 0.235 e. The van der Waals surface area contributed by atoms with Gasteiger partial charge in [-0.25, -0.2) is 8.42 Å². The van der Waals surface area contributed by atoms with Crippen molar-refractivity contribution in [3.8, 4) is 0 Å². The number of benzene rings is 1. The Bertz CT molecular complexity index is 488. The summed E-state index contributed by atoms with van der Waals surface area (Å²) in [5.41, 5.74) is 1.55. The molecule has 108 valence electrons. The molecular weight excluding hydrogens is 264 g/mol. The van der Waals surface area contributed by atoms with Crippen molar-refractivity contribution in [1.29, 1.82) is 0 Å². The Morgan fingerprint density at radius 1 is 1.32 bits per heavy atom. The predicted octanol–water partition coefficient (Wildman–Crippen LogP) is 1.75. The zero-order valence-corrected chi connectivity index (χ0v) is 12.5. The summed E-state index contributed by atoms with van der Waals surface area (Å²) in [5, 5.41) is 3.27. The van der Waals surface area contributed by atoms with Crippen molar-refractivity contribution < 1.29 is 13.2 Å². The van der Waals surface area contributed by atoms with Gasteiger partial charge in [-0.3, -0.25) is 4.72 Å². The summed E-state index contributed by atoms with van der Waals surface area (Å²) in [7, 11) is -1.89. The molecule has 1 aromatic rings. The molecular formula is C13H22N2O3S. The van der Waals surface area contributed by atoms with Crippen molar-refractivity contribution >= 4 is 15.7 Å². The molecule has 1 unspecified atom stereocenters. The van der Waals surface area contributed by atoms with E-state index in [0.717, 1.165) is 12.1 Å². The van der Waals surface area contributed by atoms with Crippen LogP contribution < -0.4 is 10.0 Å².